The quantitative estimate of drug-likeness (QED) is 0.712. The Hall–Kier alpha value is -2.88. The predicted molar refractivity (Wildman–Crippen MR) is 100 cm³/mol. The van der Waals surface area contributed by atoms with E-state index in [1.165, 1.54) is 11.4 Å². The summed E-state index contributed by atoms with van der Waals surface area (Å²) in [7, 11) is 1.83. The maximum atomic E-state index is 12.6. The van der Waals surface area contributed by atoms with Crippen LogP contribution in [-0.2, 0) is 6.42 Å². The number of hydrogen-bond donors (Lipinski definition) is 0. The Kier molecular flexibility index (Phi) is 4.98. The fraction of sp³-hybridized carbons (Fsp3) is 0.238. The summed E-state index contributed by atoms with van der Waals surface area (Å²) >= 11 is 0. The van der Waals surface area contributed by atoms with Crippen LogP contribution < -0.4 is 0 Å². The van der Waals surface area contributed by atoms with Crippen LogP contribution in [0.3, 0.4) is 0 Å². The largest absolute Gasteiger partial charge is 0.341 e. The molecule has 25 heavy (non-hydrogen) atoms. The predicted octanol–water partition coefficient (Wildman–Crippen LogP) is 3.80. The number of hydrogen-bond acceptors (Lipinski definition) is 2. The minimum absolute atomic E-state index is 0.0310. The van der Waals surface area contributed by atoms with Gasteiger partial charge in [-0.15, -0.1) is 0 Å². The van der Waals surface area contributed by atoms with Gasteiger partial charge in [0.1, 0.15) is 0 Å². The fourth-order valence-electron chi connectivity index (χ4n) is 2.98. The lowest BCUT2D eigenvalue weighted by Crippen LogP contribution is -2.29. The van der Waals surface area contributed by atoms with Gasteiger partial charge >= 0.3 is 0 Å². The van der Waals surface area contributed by atoms with Crippen LogP contribution in [0.15, 0.2) is 60.8 Å². The monoisotopic (exact) mass is 333 g/mol. The zero-order chi connectivity index (χ0) is 17.8. The molecule has 0 saturated carbocycles. The molecular weight excluding hydrogens is 310 g/mol. The number of likely N-dealkylation sites (N-methyl/N-ethyl adjacent to an activating group) is 1. The van der Waals surface area contributed by atoms with Gasteiger partial charge in [-0.25, -0.2) is 0 Å². The molecule has 2 aromatic heterocycles. The Morgan fingerprint density at radius 1 is 1.00 bits per heavy atom. The van der Waals surface area contributed by atoms with Crippen molar-refractivity contribution in [2.24, 2.45) is 0 Å². The van der Waals surface area contributed by atoms with Crippen molar-refractivity contribution in [2.75, 3.05) is 13.6 Å². The molecule has 0 aliphatic carbocycles. The van der Waals surface area contributed by atoms with Crippen LogP contribution in [0.2, 0.25) is 0 Å². The zero-order valence-corrected chi connectivity index (χ0v) is 14.9. The minimum Gasteiger partial charge on any atom is -0.341 e. The third-order valence-electron chi connectivity index (χ3n) is 4.42. The minimum atomic E-state index is 0.0310. The zero-order valence-electron chi connectivity index (χ0n) is 14.9. The molecule has 2 heterocycles. The summed E-state index contributed by atoms with van der Waals surface area (Å²) in [5, 5.41) is 0. The molecule has 0 unspecified atom stereocenters. The molecule has 0 saturated heterocycles. The Balaban J connectivity index is 1.68. The van der Waals surface area contributed by atoms with E-state index >= 15 is 0 Å². The number of carbonyl (C=O) groups is 1. The summed E-state index contributed by atoms with van der Waals surface area (Å²) in [4.78, 5) is 18.6. The second kappa shape index (κ2) is 7.34. The molecule has 1 amide bonds. The summed E-state index contributed by atoms with van der Waals surface area (Å²) in [6.45, 7) is 4.81. The number of aryl methyl sites for hydroxylation is 2. The Morgan fingerprint density at radius 2 is 1.68 bits per heavy atom. The van der Waals surface area contributed by atoms with E-state index in [1.807, 2.05) is 49.5 Å². The highest BCUT2D eigenvalue weighted by atomic mass is 16.2. The second-order valence-corrected chi connectivity index (χ2v) is 6.30. The average Bonchev–Trinajstić information content (AvgIpc) is 2.98. The molecule has 128 valence electrons. The first kappa shape index (κ1) is 17.0. The van der Waals surface area contributed by atoms with Crippen LogP contribution in [0.1, 0.15) is 27.4 Å². The van der Waals surface area contributed by atoms with E-state index in [2.05, 4.69) is 35.5 Å². The van der Waals surface area contributed by atoms with Gasteiger partial charge in [-0.05, 0) is 62.4 Å². The normalized spacial score (nSPS) is 10.7. The first-order chi connectivity index (χ1) is 12.1. The fourth-order valence-corrected chi connectivity index (χ4v) is 2.98. The van der Waals surface area contributed by atoms with Gasteiger partial charge in [0.15, 0.2) is 0 Å². The van der Waals surface area contributed by atoms with Crippen molar-refractivity contribution in [3.8, 4) is 5.69 Å². The molecular formula is C21H23N3O. The van der Waals surface area contributed by atoms with E-state index in [4.69, 9.17) is 0 Å². The molecule has 0 atom stereocenters. The summed E-state index contributed by atoms with van der Waals surface area (Å²) in [5.74, 6) is 0.0310. The van der Waals surface area contributed by atoms with Crippen molar-refractivity contribution < 1.29 is 4.79 Å². The number of nitrogens with zero attached hydrogens (tertiary/aromatic N) is 3. The summed E-state index contributed by atoms with van der Waals surface area (Å²) < 4.78 is 2.18. The standard InChI is InChI=1S/C21H23N3O/c1-16-7-8-17(2)24(16)20-11-9-18(10-12-20)21(25)23(3)15-13-19-6-4-5-14-22-19/h4-12,14H,13,15H2,1-3H3. The van der Waals surface area contributed by atoms with Crippen molar-refractivity contribution in [1.82, 2.24) is 14.5 Å². The van der Waals surface area contributed by atoms with Crippen LogP contribution in [-0.4, -0.2) is 34.0 Å². The Morgan fingerprint density at radius 3 is 2.28 bits per heavy atom. The lowest BCUT2D eigenvalue weighted by atomic mass is 10.1. The molecule has 4 heteroatoms. The number of benzene rings is 1. The maximum Gasteiger partial charge on any atom is 0.253 e. The molecule has 3 aromatic rings. The summed E-state index contributed by atoms with van der Waals surface area (Å²) in [5.41, 5.74) is 5.14. The smallest absolute Gasteiger partial charge is 0.253 e. The summed E-state index contributed by atoms with van der Waals surface area (Å²) in [6.07, 6.45) is 2.53. The highest BCUT2D eigenvalue weighted by Crippen LogP contribution is 2.17. The second-order valence-electron chi connectivity index (χ2n) is 6.30. The van der Waals surface area contributed by atoms with Crippen LogP contribution in [0, 0.1) is 13.8 Å². The van der Waals surface area contributed by atoms with Gasteiger partial charge in [0, 0.05) is 54.5 Å². The molecule has 0 radical (unpaired) electrons. The van der Waals surface area contributed by atoms with Gasteiger partial charge in [0.2, 0.25) is 0 Å². The van der Waals surface area contributed by atoms with E-state index in [9.17, 15) is 4.79 Å². The number of pyridine rings is 1. The summed E-state index contributed by atoms with van der Waals surface area (Å²) in [6, 6.07) is 17.8. The number of aromatic nitrogens is 2. The molecule has 3 rings (SSSR count). The third kappa shape index (κ3) is 3.79. The maximum absolute atomic E-state index is 12.6. The van der Waals surface area contributed by atoms with Crippen LogP contribution >= 0.6 is 0 Å². The van der Waals surface area contributed by atoms with Crippen molar-refractivity contribution in [3.05, 3.63) is 83.4 Å². The molecule has 0 N–H and O–H groups in total. The molecule has 0 fully saturated rings. The van der Waals surface area contributed by atoms with Crippen molar-refractivity contribution in [3.63, 3.8) is 0 Å². The lowest BCUT2D eigenvalue weighted by Gasteiger charge is -2.17. The van der Waals surface area contributed by atoms with Gasteiger partial charge in [-0.2, -0.15) is 0 Å². The van der Waals surface area contributed by atoms with Crippen LogP contribution in [0.25, 0.3) is 5.69 Å². The number of carbonyl (C=O) groups excluding carboxylic acids is 1. The Bertz CT molecular complexity index is 831. The first-order valence-corrected chi connectivity index (χ1v) is 8.47. The van der Waals surface area contributed by atoms with E-state index in [0.717, 1.165) is 17.8 Å². The van der Waals surface area contributed by atoms with Crippen molar-refractivity contribution >= 4 is 5.91 Å². The number of amides is 1. The molecule has 0 bridgehead atoms. The van der Waals surface area contributed by atoms with Crippen molar-refractivity contribution in [2.45, 2.75) is 20.3 Å². The van der Waals surface area contributed by atoms with Crippen molar-refractivity contribution in [1.29, 1.82) is 0 Å². The van der Waals surface area contributed by atoms with Crippen LogP contribution in [0.4, 0.5) is 0 Å². The SMILES string of the molecule is Cc1ccc(C)n1-c1ccc(C(=O)N(C)CCc2ccccn2)cc1. The van der Waals surface area contributed by atoms with E-state index in [0.29, 0.717) is 12.1 Å². The molecule has 0 aliphatic heterocycles. The highest BCUT2D eigenvalue weighted by molar-refractivity contribution is 5.94. The van der Waals surface area contributed by atoms with Gasteiger partial charge < -0.3 is 9.47 Å². The lowest BCUT2D eigenvalue weighted by molar-refractivity contribution is 0.0796. The molecule has 1 aromatic carbocycles. The van der Waals surface area contributed by atoms with Gasteiger partial charge in [-0.3, -0.25) is 9.78 Å². The highest BCUT2D eigenvalue weighted by Gasteiger charge is 2.12. The van der Waals surface area contributed by atoms with E-state index < -0.39 is 0 Å². The molecule has 0 spiro atoms. The van der Waals surface area contributed by atoms with E-state index in [-0.39, 0.29) is 5.91 Å². The van der Waals surface area contributed by atoms with Gasteiger partial charge in [-0.1, -0.05) is 6.07 Å². The molecule has 4 nitrogen and oxygen atoms in total. The topological polar surface area (TPSA) is 38.1 Å². The van der Waals surface area contributed by atoms with E-state index in [1.54, 1.807) is 11.1 Å². The van der Waals surface area contributed by atoms with Gasteiger partial charge in [0.25, 0.3) is 5.91 Å². The number of rotatable bonds is 5. The molecule has 0 aliphatic rings. The van der Waals surface area contributed by atoms with Gasteiger partial charge in [0.05, 0.1) is 0 Å². The van der Waals surface area contributed by atoms with Crippen LogP contribution in [0.5, 0.6) is 0 Å². The third-order valence-corrected chi connectivity index (χ3v) is 4.42. The first-order valence-electron chi connectivity index (χ1n) is 8.47. The average molecular weight is 333 g/mol. The Labute approximate surface area is 148 Å².